The van der Waals surface area contributed by atoms with Crippen molar-refractivity contribution in [2.75, 3.05) is 18.9 Å². The maximum atomic E-state index is 14.5. The normalized spacial score (nSPS) is 20.0. The summed E-state index contributed by atoms with van der Waals surface area (Å²) in [6.45, 7) is 4.42. The molecule has 0 saturated carbocycles. The molecule has 1 amide bonds. The number of anilines is 1. The number of amides is 1. The van der Waals surface area contributed by atoms with Gasteiger partial charge in [0.2, 0.25) is 0 Å². The van der Waals surface area contributed by atoms with E-state index >= 15 is 0 Å². The minimum Gasteiger partial charge on any atom is -0.365 e. The molecule has 0 spiro atoms. The average Bonchev–Trinajstić information content (AvgIpc) is 2.97. The third-order valence-electron chi connectivity index (χ3n) is 4.32. The molecule has 1 fully saturated rings. The van der Waals surface area contributed by atoms with Gasteiger partial charge < -0.3 is 10.6 Å². The Balaban J connectivity index is 1.84. The van der Waals surface area contributed by atoms with Crippen molar-refractivity contribution >= 4 is 29.4 Å². The quantitative estimate of drug-likeness (QED) is 0.702. The Morgan fingerprint density at radius 2 is 2.15 bits per heavy atom. The Labute approximate surface area is 162 Å². The molecule has 7 nitrogen and oxygen atoms in total. The molecule has 0 bridgehead atoms. The lowest BCUT2D eigenvalue weighted by Gasteiger charge is -2.25. The first kappa shape index (κ1) is 19.4. The van der Waals surface area contributed by atoms with Gasteiger partial charge in [-0.25, -0.2) is 4.39 Å². The van der Waals surface area contributed by atoms with Crippen LogP contribution in [0.1, 0.15) is 35.9 Å². The van der Waals surface area contributed by atoms with Gasteiger partial charge in [0, 0.05) is 31.0 Å². The predicted molar refractivity (Wildman–Crippen MR) is 105 cm³/mol. The van der Waals surface area contributed by atoms with Gasteiger partial charge in [0.15, 0.2) is 5.69 Å². The molecule has 0 radical (unpaired) electrons. The summed E-state index contributed by atoms with van der Waals surface area (Å²) in [5.74, 6) is -0.401. The summed E-state index contributed by atoms with van der Waals surface area (Å²) >= 11 is 1.53. The molecule has 9 heteroatoms. The zero-order valence-corrected chi connectivity index (χ0v) is 16.5. The highest BCUT2D eigenvalue weighted by Crippen LogP contribution is 2.34. The molecule has 1 atom stereocenters. The molecule has 2 aromatic rings. The lowest BCUT2D eigenvalue weighted by molar-refractivity contribution is 0.102. The molecular weight excluding hydrogens is 367 g/mol. The number of hydrogen-bond acceptors (Lipinski definition) is 5. The van der Waals surface area contributed by atoms with Gasteiger partial charge in [-0.3, -0.25) is 19.2 Å². The Hall–Kier alpha value is -2.39. The third kappa shape index (κ3) is 4.30. The molecule has 3 N–H and O–H groups in total. The first-order valence-electron chi connectivity index (χ1n) is 8.52. The fraction of sp³-hybridized carbons (Fsp3) is 0.389. The first-order chi connectivity index (χ1) is 12.7. The average molecular weight is 390 g/mol. The summed E-state index contributed by atoms with van der Waals surface area (Å²) in [5.41, 5.74) is 1.17. The number of amidine groups is 1. The van der Waals surface area contributed by atoms with Gasteiger partial charge in [-0.1, -0.05) is 11.9 Å². The van der Waals surface area contributed by atoms with E-state index in [4.69, 9.17) is 5.41 Å². The fourth-order valence-corrected chi connectivity index (χ4v) is 4.07. The number of carbonyl (C=O) groups excluding carboxylic acids is 1. The number of benzene rings is 1. The van der Waals surface area contributed by atoms with Crippen molar-refractivity contribution in [3.05, 3.63) is 47.5 Å². The largest absolute Gasteiger partial charge is 0.365 e. The molecule has 1 aromatic heterocycles. The van der Waals surface area contributed by atoms with Crippen LogP contribution < -0.4 is 10.6 Å². The van der Waals surface area contributed by atoms with E-state index in [9.17, 15) is 9.18 Å². The van der Waals surface area contributed by atoms with Crippen LogP contribution in [0.3, 0.4) is 0 Å². The van der Waals surface area contributed by atoms with Gasteiger partial charge in [-0.05, 0) is 45.2 Å². The van der Waals surface area contributed by atoms with Gasteiger partial charge >= 0.3 is 0 Å². The number of nitrogens with zero attached hydrogens (tertiary/aromatic N) is 3. The van der Waals surface area contributed by atoms with Gasteiger partial charge in [0.1, 0.15) is 11.7 Å². The van der Waals surface area contributed by atoms with Crippen LogP contribution in [-0.2, 0) is 7.05 Å². The Bertz CT molecular complexity index is 880. The smallest absolute Gasteiger partial charge is 0.276 e. The highest BCUT2D eigenvalue weighted by Gasteiger charge is 2.34. The summed E-state index contributed by atoms with van der Waals surface area (Å²) in [5, 5.41) is 18.2. The van der Waals surface area contributed by atoms with Crippen LogP contribution >= 0.6 is 11.9 Å². The van der Waals surface area contributed by atoms with E-state index in [1.165, 1.54) is 24.1 Å². The number of halogens is 1. The van der Waals surface area contributed by atoms with Crippen LogP contribution in [-0.4, -0.2) is 44.2 Å². The third-order valence-corrected chi connectivity index (χ3v) is 5.44. The second-order valence-electron chi connectivity index (χ2n) is 7.05. The summed E-state index contributed by atoms with van der Waals surface area (Å²) in [6.07, 6.45) is 1.68. The Kier molecular flexibility index (Phi) is 5.25. The van der Waals surface area contributed by atoms with E-state index < -0.39 is 10.8 Å². The molecule has 27 heavy (non-hydrogen) atoms. The number of likely N-dealkylation sites (N-methyl/N-ethyl adjacent to an activating group) is 1. The van der Waals surface area contributed by atoms with Crippen molar-refractivity contribution in [3.8, 4) is 0 Å². The highest BCUT2D eigenvalue weighted by molar-refractivity contribution is 7.99. The van der Waals surface area contributed by atoms with Crippen LogP contribution in [0.5, 0.6) is 0 Å². The second kappa shape index (κ2) is 7.32. The zero-order valence-electron chi connectivity index (χ0n) is 15.7. The molecule has 2 heterocycles. The van der Waals surface area contributed by atoms with Crippen molar-refractivity contribution < 1.29 is 9.18 Å². The van der Waals surface area contributed by atoms with Crippen LogP contribution in [0.4, 0.5) is 10.1 Å². The van der Waals surface area contributed by atoms with Crippen molar-refractivity contribution in [2.24, 2.45) is 7.05 Å². The number of carbonyl (C=O) groups is 1. The van der Waals surface area contributed by atoms with Crippen molar-refractivity contribution in [1.29, 1.82) is 5.41 Å². The lowest BCUT2D eigenvalue weighted by Crippen LogP contribution is -2.39. The van der Waals surface area contributed by atoms with Crippen molar-refractivity contribution in [2.45, 2.75) is 24.6 Å². The number of aromatic nitrogens is 2. The summed E-state index contributed by atoms with van der Waals surface area (Å²) in [4.78, 5) is 12.3. The van der Waals surface area contributed by atoms with E-state index in [1.54, 1.807) is 30.1 Å². The molecule has 0 unspecified atom stereocenters. The Morgan fingerprint density at radius 1 is 1.41 bits per heavy atom. The first-order valence-corrected chi connectivity index (χ1v) is 9.29. The SMILES string of the molecule is CN1C[C@@H](c2cc(NC(=O)c3ccn(C)n3)ccc2F)NC(=N)C(C)(C)S1. The van der Waals surface area contributed by atoms with Crippen molar-refractivity contribution in [3.63, 3.8) is 0 Å². The number of hydrogen-bond donors (Lipinski definition) is 3. The molecule has 0 aliphatic carbocycles. The van der Waals surface area contributed by atoms with Gasteiger partial charge in [0.05, 0.1) is 10.8 Å². The monoisotopic (exact) mass is 390 g/mol. The van der Waals surface area contributed by atoms with E-state index in [0.29, 0.717) is 23.6 Å². The molecule has 3 rings (SSSR count). The fourth-order valence-electron chi connectivity index (χ4n) is 2.92. The van der Waals surface area contributed by atoms with Gasteiger partial charge in [-0.2, -0.15) is 5.10 Å². The minimum atomic E-state index is -0.426. The highest BCUT2D eigenvalue weighted by atomic mass is 32.2. The summed E-state index contributed by atoms with van der Waals surface area (Å²) in [6, 6.07) is 5.67. The maximum absolute atomic E-state index is 14.5. The molecule has 144 valence electrons. The van der Waals surface area contributed by atoms with E-state index in [-0.39, 0.29) is 17.4 Å². The van der Waals surface area contributed by atoms with E-state index in [0.717, 1.165) is 0 Å². The van der Waals surface area contributed by atoms with Crippen LogP contribution in [0.2, 0.25) is 0 Å². The molecule has 1 aromatic carbocycles. The Morgan fingerprint density at radius 3 is 2.81 bits per heavy atom. The zero-order chi connectivity index (χ0) is 19.8. The summed E-state index contributed by atoms with van der Waals surface area (Å²) < 4.78 is 17.6. The maximum Gasteiger partial charge on any atom is 0.276 e. The molecule has 1 saturated heterocycles. The number of aryl methyl sites for hydroxylation is 1. The minimum absolute atomic E-state index is 0.288. The molecule has 1 aliphatic rings. The number of rotatable bonds is 3. The number of nitrogens with one attached hydrogen (secondary N) is 3. The molecular formula is C18H23FN6OS. The molecule has 1 aliphatic heterocycles. The van der Waals surface area contributed by atoms with Crippen LogP contribution in [0.25, 0.3) is 0 Å². The summed E-state index contributed by atoms with van der Waals surface area (Å²) in [7, 11) is 3.65. The second-order valence-corrected chi connectivity index (χ2v) is 8.88. The van der Waals surface area contributed by atoms with E-state index in [2.05, 4.69) is 15.7 Å². The van der Waals surface area contributed by atoms with Gasteiger partial charge in [-0.15, -0.1) is 0 Å². The predicted octanol–water partition coefficient (Wildman–Crippen LogP) is 2.79. The van der Waals surface area contributed by atoms with E-state index in [1.807, 2.05) is 25.2 Å². The topological polar surface area (TPSA) is 86.0 Å². The lowest BCUT2D eigenvalue weighted by atomic mass is 10.0. The van der Waals surface area contributed by atoms with Gasteiger partial charge in [0.25, 0.3) is 5.91 Å². The standard InChI is InChI=1S/C18H23FN6OS/c1-18(2)17(20)22-15(10-25(4)27-18)12-9-11(5-6-13(12)19)21-16(26)14-7-8-24(3)23-14/h5-9,15H,10H2,1-4H3,(H2,20,22)(H,21,26)/t15-/m0/s1. The van der Waals surface area contributed by atoms with Crippen LogP contribution in [0, 0.1) is 11.2 Å². The van der Waals surface area contributed by atoms with Crippen molar-refractivity contribution in [1.82, 2.24) is 19.4 Å². The van der Waals surface area contributed by atoms with Crippen LogP contribution in [0.15, 0.2) is 30.5 Å².